The lowest BCUT2D eigenvalue weighted by Crippen LogP contribution is -2.14. The lowest BCUT2D eigenvalue weighted by Gasteiger charge is -2.05. The second-order valence-corrected chi connectivity index (χ2v) is 4.60. The van der Waals surface area contributed by atoms with Crippen LogP contribution in [-0.4, -0.2) is 30.0 Å². The Kier molecular flexibility index (Phi) is 6.06. The molecule has 1 aromatic heterocycles. The number of esters is 1. The van der Waals surface area contributed by atoms with Crippen LogP contribution in [-0.2, 0) is 9.53 Å². The molecule has 0 N–H and O–H groups in total. The number of ketones is 1. The maximum absolute atomic E-state index is 11.9. The molecule has 1 aromatic carbocycles. The van der Waals surface area contributed by atoms with Gasteiger partial charge < -0.3 is 9.47 Å². The summed E-state index contributed by atoms with van der Waals surface area (Å²) in [4.78, 5) is 27.0. The van der Waals surface area contributed by atoms with Gasteiger partial charge in [0, 0.05) is 18.0 Å². The second kappa shape index (κ2) is 8.48. The van der Waals surface area contributed by atoms with E-state index in [2.05, 4.69) is 4.98 Å². The van der Waals surface area contributed by atoms with Crippen molar-refractivity contribution in [1.29, 1.82) is 0 Å². The van der Waals surface area contributed by atoms with E-state index in [1.165, 1.54) is 12.3 Å². The third kappa shape index (κ3) is 5.39. The average molecular weight is 311 g/mol. The van der Waals surface area contributed by atoms with Gasteiger partial charge in [-0.15, -0.1) is 0 Å². The predicted octanol–water partition coefficient (Wildman–Crippen LogP) is 2.92. The van der Waals surface area contributed by atoms with Crippen molar-refractivity contribution in [3.05, 3.63) is 66.0 Å². The first-order valence-corrected chi connectivity index (χ1v) is 7.20. The normalized spacial score (nSPS) is 10.5. The molecule has 2 rings (SSSR count). The first-order chi connectivity index (χ1) is 11.2. The summed E-state index contributed by atoms with van der Waals surface area (Å²) in [5.41, 5.74) is 1.39. The molecule has 5 heteroatoms. The van der Waals surface area contributed by atoms with E-state index in [1.807, 2.05) is 0 Å². The minimum atomic E-state index is -0.404. The number of aromatic nitrogens is 1. The number of carbonyl (C=O) groups is 2. The quantitative estimate of drug-likeness (QED) is 0.447. The van der Waals surface area contributed by atoms with E-state index in [9.17, 15) is 9.59 Å². The monoisotopic (exact) mass is 311 g/mol. The Morgan fingerprint density at radius 1 is 1.17 bits per heavy atom. The van der Waals surface area contributed by atoms with Crippen LogP contribution in [0.4, 0.5) is 0 Å². The van der Waals surface area contributed by atoms with E-state index in [0.717, 1.165) is 5.56 Å². The molecule has 0 unspecified atom stereocenters. The fourth-order valence-corrected chi connectivity index (χ4v) is 1.80. The van der Waals surface area contributed by atoms with Crippen LogP contribution in [0.1, 0.15) is 22.8 Å². The number of hydrogen-bond donors (Lipinski definition) is 0. The van der Waals surface area contributed by atoms with Crippen LogP contribution in [0, 0.1) is 0 Å². The van der Waals surface area contributed by atoms with Gasteiger partial charge in [0.2, 0.25) is 0 Å². The maximum Gasteiger partial charge on any atom is 0.344 e. The Balaban J connectivity index is 1.91. The van der Waals surface area contributed by atoms with Crippen molar-refractivity contribution in [3.63, 3.8) is 0 Å². The Morgan fingerprint density at radius 3 is 2.61 bits per heavy atom. The van der Waals surface area contributed by atoms with E-state index in [0.29, 0.717) is 17.9 Å². The molecule has 0 aliphatic heterocycles. The summed E-state index contributed by atoms with van der Waals surface area (Å²) in [5, 5.41) is 0. The average Bonchev–Trinajstić information content (AvgIpc) is 2.60. The molecule has 0 aliphatic carbocycles. The summed E-state index contributed by atoms with van der Waals surface area (Å²) >= 11 is 0. The highest BCUT2D eigenvalue weighted by Crippen LogP contribution is 2.13. The molecular formula is C18H17NO4. The van der Waals surface area contributed by atoms with Crippen LogP contribution >= 0.6 is 0 Å². The van der Waals surface area contributed by atoms with Gasteiger partial charge >= 0.3 is 5.97 Å². The molecule has 1 heterocycles. The number of pyridine rings is 1. The summed E-state index contributed by atoms with van der Waals surface area (Å²) in [5.74, 6) is 0.0491. The largest absolute Gasteiger partial charge is 0.482 e. The zero-order chi connectivity index (χ0) is 16.5. The minimum Gasteiger partial charge on any atom is -0.482 e. The van der Waals surface area contributed by atoms with Crippen LogP contribution < -0.4 is 4.74 Å². The highest BCUT2D eigenvalue weighted by atomic mass is 16.6. The first-order valence-electron chi connectivity index (χ1n) is 7.20. The van der Waals surface area contributed by atoms with Crippen LogP contribution in [0.2, 0.25) is 0 Å². The van der Waals surface area contributed by atoms with Crippen molar-refractivity contribution in [3.8, 4) is 5.75 Å². The third-order valence-corrected chi connectivity index (χ3v) is 2.92. The van der Waals surface area contributed by atoms with Crippen LogP contribution in [0.5, 0.6) is 5.75 Å². The molecule has 0 saturated carbocycles. The van der Waals surface area contributed by atoms with Crippen molar-refractivity contribution in [1.82, 2.24) is 4.98 Å². The smallest absolute Gasteiger partial charge is 0.344 e. The number of nitrogens with zero attached hydrogens (tertiary/aromatic N) is 1. The van der Waals surface area contributed by atoms with Gasteiger partial charge in [0.1, 0.15) is 5.75 Å². The Labute approximate surface area is 134 Å². The molecule has 23 heavy (non-hydrogen) atoms. The topological polar surface area (TPSA) is 65.5 Å². The fraction of sp³-hybridized carbons (Fsp3) is 0.167. The van der Waals surface area contributed by atoms with Crippen molar-refractivity contribution in [2.24, 2.45) is 0 Å². The molecule has 2 aromatic rings. The molecule has 0 amide bonds. The van der Waals surface area contributed by atoms with Gasteiger partial charge in [-0.05, 0) is 42.8 Å². The summed E-state index contributed by atoms with van der Waals surface area (Å²) in [6.45, 7) is 1.95. The Bertz CT molecular complexity index is 678. The molecule has 118 valence electrons. The molecular weight excluding hydrogens is 294 g/mol. The van der Waals surface area contributed by atoms with Gasteiger partial charge in [-0.1, -0.05) is 18.2 Å². The van der Waals surface area contributed by atoms with Gasteiger partial charge in [-0.2, -0.15) is 0 Å². The van der Waals surface area contributed by atoms with E-state index in [4.69, 9.17) is 9.47 Å². The van der Waals surface area contributed by atoms with E-state index < -0.39 is 5.97 Å². The van der Waals surface area contributed by atoms with E-state index in [-0.39, 0.29) is 12.4 Å². The number of carbonyl (C=O) groups excluding carboxylic acids is 2. The SMILES string of the molecule is CCOC(=O)COc1ccc(C=CC(=O)c2cccnc2)cc1. The minimum absolute atomic E-state index is 0.110. The van der Waals surface area contributed by atoms with E-state index >= 15 is 0 Å². The zero-order valence-electron chi connectivity index (χ0n) is 12.8. The molecule has 0 aliphatic rings. The van der Waals surface area contributed by atoms with E-state index in [1.54, 1.807) is 55.6 Å². The van der Waals surface area contributed by atoms with Crippen molar-refractivity contribution >= 4 is 17.8 Å². The molecule has 0 atom stereocenters. The number of allylic oxidation sites excluding steroid dienone is 1. The van der Waals surface area contributed by atoms with Crippen molar-refractivity contribution in [2.75, 3.05) is 13.2 Å². The van der Waals surface area contributed by atoms with Crippen molar-refractivity contribution in [2.45, 2.75) is 6.92 Å². The number of benzene rings is 1. The standard InChI is InChI=1S/C18H17NO4/c1-2-22-18(21)13-23-16-8-5-14(6-9-16)7-10-17(20)15-4-3-11-19-12-15/h3-12H,2,13H2,1H3. The highest BCUT2D eigenvalue weighted by Gasteiger charge is 2.03. The number of hydrogen-bond acceptors (Lipinski definition) is 5. The van der Waals surface area contributed by atoms with Crippen LogP contribution in [0.25, 0.3) is 6.08 Å². The lowest BCUT2D eigenvalue weighted by molar-refractivity contribution is -0.145. The summed E-state index contributed by atoms with van der Waals surface area (Å²) in [6, 6.07) is 10.5. The molecule has 0 spiro atoms. The van der Waals surface area contributed by atoms with Gasteiger partial charge in [0.05, 0.1) is 6.61 Å². The van der Waals surface area contributed by atoms with Crippen LogP contribution in [0.3, 0.4) is 0 Å². The zero-order valence-corrected chi connectivity index (χ0v) is 12.8. The Hall–Kier alpha value is -2.95. The molecule has 0 saturated heterocycles. The first kappa shape index (κ1) is 16.4. The van der Waals surface area contributed by atoms with Crippen LogP contribution in [0.15, 0.2) is 54.9 Å². The van der Waals surface area contributed by atoms with Gasteiger partial charge in [-0.3, -0.25) is 9.78 Å². The van der Waals surface area contributed by atoms with Gasteiger partial charge in [0.25, 0.3) is 0 Å². The highest BCUT2D eigenvalue weighted by molar-refractivity contribution is 6.06. The number of rotatable bonds is 7. The summed E-state index contributed by atoms with van der Waals surface area (Å²) < 4.78 is 10.1. The lowest BCUT2D eigenvalue weighted by atomic mass is 10.1. The molecule has 0 fully saturated rings. The maximum atomic E-state index is 11.9. The second-order valence-electron chi connectivity index (χ2n) is 4.60. The molecule has 0 bridgehead atoms. The molecule has 5 nitrogen and oxygen atoms in total. The summed E-state index contributed by atoms with van der Waals surface area (Å²) in [6.07, 6.45) is 6.35. The Morgan fingerprint density at radius 2 is 1.96 bits per heavy atom. The third-order valence-electron chi connectivity index (χ3n) is 2.92. The summed E-state index contributed by atoms with van der Waals surface area (Å²) in [7, 11) is 0. The predicted molar refractivity (Wildman–Crippen MR) is 86.2 cm³/mol. The van der Waals surface area contributed by atoms with Gasteiger partial charge in [0.15, 0.2) is 12.4 Å². The number of ether oxygens (including phenoxy) is 2. The fourth-order valence-electron chi connectivity index (χ4n) is 1.80. The van der Waals surface area contributed by atoms with Crippen molar-refractivity contribution < 1.29 is 19.1 Å². The van der Waals surface area contributed by atoms with Gasteiger partial charge in [-0.25, -0.2) is 4.79 Å². The molecule has 0 radical (unpaired) electrons.